The second kappa shape index (κ2) is 6.15. The second-order valence-electron chi connectivity index (χ2n) is 6.30. The van der Waals surface area contributed by atoms with Crippen molar-refractivity contribution in [3.8, 4) is 5.75 Å². The average Bonchev–Trinajstić information content (AvgIpc) is 2.42. The number of ether oxygens (including phenoxy) is 1. The molecule has 0 N–H and O–H groups in total. The van der Waals surface area contributed by atoms with Crippen LogP contribution in [0.1, 0.15) is 51.2 Å². The highest BCUT2D eigenvalue weighted by molar-refractivity contribution is 6.31. The van der Waals surface area contributed by atoms with Crippen LogP contribution in [-0.4, -0.2) is 12.3 Å². The Hall–Kier alpha value is -1.16. The zero-order valence-corrected chi connectivity index (χ0v) is 13.7. The van der Waals surface area contributed by atoms with Gasteiger partial charge in [-0.1, -0.05) is 51.3 Å². The molecular weight excluding hydrogens is 313 g/mol. The van der Waals surface area contributed by atoms with Gasteiger partial charge in [0, 0.05) is 10.6 Å². The fourth-order valence-electron chi connectivity index (χ4n) is 2.62. The molecule has 0 aromatic heterocycles. The molecule has 5 heteroatoms. The molecule has 1 aliphatic heterocycles. The average molecular weight is 333 g/mol. The number of rotatable bonds is 4. The van der Waals surface area contributed by atoms with Gasteiger partial charge in [0.15, 0.2) is 0 Å². The zero-order chi connectivity index (χ0) is 16.5. The van der Waals surface area contributed by atoms with Crippen LogP contribution in [0.25, 0.3) is 6.08 Å². The third-order valence-corrected chi connectivity index (χ3v) is 4.32. The van der Waals surface area contributed by atoms with Crippen molar-refractivity contribution in [3.63, 3.8) is 0 Å². The van der Waals surface area contributed by atoms with Crippen LogP contribution < -0.4 is 4.74 Å². The Bertz CT molecular complexity index is 576. The zero-order valence-electron chi connectivity index (χ0n) is 12.9. The minimum atomic E-state index is -4.41. The lowest BCUT2D eigenvalue weighted by Gasteiger charge is -2.29. The third-order valence-electron chi connectivity index (χ3n) is 4.01. The Balaban J connectivity index is 2.36. The fraction of sp³-hybridized carbons (Fsp3) is 0.529. The van der Waals surface area contributed by atoms with E-state index in [2.05, 4.69) is 20.8 Å². The van der Waals surface area contributed by atoms with Crippen LogP contribution in [0.5, 0.6) is 5.75 Å². The predicted octanol–water partition coefficient (Wildman–Crippen LogP) is 6.14. The fourth-order valence-corrected chi connectivity index (χ4v) is 3.04. The van der Waals surface area contributed by atoms with Crippen molar-refractivity contribution in [3.05, 3.63) is 34.4 Å². The summed E-state index contributed by atoms with van der Waals surface area (Å²) in [7, 11) is 0. The molecule has 1 aromatic rings. The van der Waals surface area contributed by atoms with Crippen molar-refractivity contribution >= 4 is 17.7 Å². The lowest BCUT2D eigenvalue weighted by atomic mass is 9.79. The smallest absolute Gasteiger partial charge is 0.429 e. The van der Waals surface area contributed by atoms with Gasteiger partial charge in [0.1, 0.15) is 5.75 Å². The molecule has 1 unspecified atom stereocenters. The van der Waals surface area contributed by atoms with Crippen LogP contribution in [0, 0.1) is 0 Å². The summed E-state index contributed by atoms with van der Waals surface area (Å²) in [6.07, 6.45) is -0.862. The maximum atomic E-state index is 12.8. The van der Waals surface area contributed by atoms with Crippen molar-refractivity contribution < 1.29 is 17.9 Å². The number of fused-ring (bicyclic) bond motifs is 1. The highest BCUT2D eigenvalue weighted by Gasteiger charge is 2.41. The van der Waals surface area contributed by atoms with E-state index in [0.29, 0.717) is 10.6 Å². The molecule has 0 saturated heterocycles. The van der Waals surface area contributed by atoms with Crippen LogP contribution in [0.3, 0.4) is 0 Å². The molecule has 0 bridgehead atoms. The Morgan fingerprint density at radius 3 is 2.50 bits per heavy atom. The number of hydrogen-bond acceptors (Lipinski definition) is 1. The molecule has 1 heterocycles. The molecule has 2 rings (SSSR count). The first-order valence-corrected chi connectivity index (χ1v) is 7.78. The highest BCUT2D eigenvalue weighted by atomic mass is 35.5. The number of hydrogen-bond donors (Lipinski definition) is 0. The van der Waals surface area contributed by atoms with Gasteiger partial charge in [0.2, 0.25) is 6.10 Å². The summed E-state index contributed by atoms with van der Waals surface area (Å²) >= 11 is 6.34. The summed E-state index contributed by atoms with van der Waals surface area (Å²) in [6, 6.07) is 3.35. The lowest BCUT2D eigenvalue weighted by molar-refractivity contribution is -0.180. The van der Waals surface area contributed by atoms with Gasteiger partial charge in [-0.15, -0.1) is 0 Å². The van der Waals surface area contributed by atoms with E-state index in [1.807, 2.05) is 0 Å². The normalized spacial score (nSPS) is 18.0. The number of benzene rings is 1. The first-order valence-electron chi connectivity index (χ1n) is 7.41. The maximum Gasteiger partial charge on any atom is 0.429 e. The first-order chi connectivity index (χ1) is 10.1. The SMILES string of the molecule is CCCCC(C)(C)c1cc2c(cc1Cl)C=CC(C(F)(F)F)O2. The van der Waals surface area contributed by atoms with Crippen molar-refractivity contribution in [2.75, 3.05) is 0 Å². The first kappa shape index (κ1) is 17.2. The van der Waals surface area contributed by atoms with E-state index in [-0.39, 0.29) is 11.2 Å². The van der Waals surface area contributed by atoms with Crippen molar-refractivity contribution in [1.29, 1.82) is 0 Å². The summed E-state index contributed by atoms with van der Waals surface area (Å²) in [5.74, 6) is 0.244. The quantitative estimate of drug-likeness (QED) is 0.643. The second-order valence-corrected chi connectivity index (χ2v) is 6.70. The molecule has 122 valence electrons. The topological polar surface area (TPSA) is 9.23 Å². The Morgan fingerprint density at radius 1 is 1.23 bits per heavy atom. The predicted molar refractivity (Wildman–Crippen MR) is 83.5 cm³/mol. The Morgan fingerprint density at radius 2 is 1.91 bits per heavy atom. The van der Waals surface area contributed by atoms with E-state index in [1.165, 1.54) is 6.08 Å². The summed E-state index contributed by atoms with van der Waals surface area (Å²) < 4.78 is 43.6. The van der Waals surface area contributed by atoms with E-state index in [9.17, 15) is 13.2 Å². The van der Waals surface area contributed by atoms with Gasteiger partial charge in [-0.3, -0.25) is 0 Å². The molecule has 1 aromatic carbocycles. The van der Waals surface area contributed by atoms with Crippen molar-refractivity contribution in [2.45, 2.75) is 57.7 Å². The molecule has 0 saturated carbocycles. The highest BCUT2D eigenvalue weighted by Crippen LogP contribution is 2.41. The number of alkyl halides is 3. The van der Waals surface area contributed by atoms with E-state index in [1.54, 1.807) is 12.1 Å². The molecule has 0 aliphatic carbocycles. The Kier molecular flexibility index (Phi) is 4.81. The molecule has 0 spiro atoms. The van der Waals surface area contributed by atoms with Crippen LogP contribution in [-0.2, 0) is 5.41 Å². The van der Waals surface area contributed by atoms with Crippen molar-refractivity contribution in [1.82, 2.24) is 0 Å². The molecule has 1 atom stereocenters. The molecular formula is C17H20ClF3O. The molecule has 0 radical (unpaired) electrons. The van der Waals surface area contributed by atoms with Crippen LogP contribution in [0.2, 0.25) is 5.02 Å². The van der Waals surface area contributed by atoms with Crippen molar-refractivity contribution in [2.24, 2.45) is 0 Å². The van der Waals surface area contributed by atoms with Gasteiger partial charge in [0.05, 0.1) is 0 Å². The van der Waals surface area contributed by atoms with Crippen LogP contribution in [0.4, 0.5) is 13.2 Å². The van der Waals surface area contributed by atoms with Gasteiger partial charge in [0.25, 0.3) is 0 Å². The minimum Gasteiger partial charge on any atom is -0.476 e. The summed E-state index contributed by atoms with van der Waals surface area (Å²) in [4.78, 5) is 0. The third kappa shape index (κ3) is 3.60. The number of halogens is 4. The van der Waals surface area contributed by atoms with Gasteiger partial charge in [-0.2, -0.15) is 13.2 Å². The Labute approximate surface area is 134 Å². The van der Waals surface area contributed by atoms with E-state index in [4.69, 9.17) is 16.3 Å². The molecule has 22 heavy (non-hydrogen) atoms. The molecule has 0 amide bonds. The standard InChI is InChI=1S/C17H20ClF3O/c1-4-5-8-16(2,3)12-10-14-11(9-13(12)18)6-7-15(22-14)17(19,20)21/h6-7,9-10,15H,4-5,8H2,1-3H3. The van der Waals surface area contributed by atoms with Gasteiger partial charge in [-0.25, -0.2) is 0 Å². The minimum absolute atomic E-state index is 0.208. The van der Waals surface area contributed by atoms with Crippen LogP contribution in [0.15, 0.2) is 18.2 Å². The lowest BCUT2D eigenvalue weighted by Crippen LogP contribution is -2.34. The number of unbranched alkanes of at least 4 members (excludes halogenated alkanes) is 1. The van der Waals surface area contributed by atoms with Crippen LogP contribution >= 0.6 is 11.6 Å². The monoisotopic (exact) mass is 332 g/mol. The van der Waals surface area contributed by atoms with E-state index in [0.717, 1.165) is 30.9 Å². The molecule has 1 nitrogen and oxygen atoms in total. The largest absolute Gasteiger partial charge is 0.476 e. The summed E-state index contributed by atoms with van der Waals surface area (Å²) in [5.41, 5.74) is 1.21. The maximum absolute atomic E-state index is 12.8. The summed E-state index contributed by atoms with van der Waals surface area (Å²) in [6.45, 7) is 6.21. The van der Waals surface area contributed by atoms with Gasteiger partial charge in [-0.05, 0) is 35.6 Å². The van der Waals surface area contributed by atoms with E-state index >= 15 is 0 Å². The van der Waals surface area contributed by atoms with E-state index < -0.39 is 12.3 Å². The van der Waals surface area contributed by atoms with Gasteiger partial charge < -0.3 is 4.74 Å². The summed E-state index contributed by atoms with van der Waals surface area (Å²) in [5, 5.41) is 0.568. The molecule has 0 fully saturated rings. The van der Waals surface area contributed by atoms with Gasteiger partial charge >= 0.3 is 6.18 Å². The molecule has 1 aliphatic rings.